The van der Waals surface area contributed by atoms with Crippen molar-refractivity contribution in [2.24, 2.45) is 5.10 Å². The monoisotopic (exact) mass is 512 g/mol. The highest BCUT2D eigenvalue weighted by Gasteiger charge is 2.12. The minimum atomic E-state index is -0.911. The van der Waals surface area contributed by atoms with Gasteiger partial charge in [0, 0.05) is 21.4 Å². The number of amides is 3. The van der Waals surface area contributed by atoms with Crippen LogP contribution in [0.2, 0.25) is 10.0 Å². The third kappa shape index (κ3) is 8.44. The van der Waals surface area contributed by atoms with Crippen LogP contribution in [0.3, 0.4) is 0 Å². The molecule has 180 valence electrons. The Morgan fingerprint density at radius 2 is 1.60 bits per heavy atom. The summed E-state index contributed by atoms with van der Waals surface area (Å²) in [5.74, 6) is -1.74. The van der Waals surface area contributed by atoms with Gasteiger partial charge in [-0.3, -0.25) is 14.4 Å². The lowest BCUT2D eigenvalue weighted by atomic mass is 10.1. The maximum atomic E-state index is 12.1. The first-order valence-corrected chi connectivity index (χ1v) is 11.3. The lowest BCUT2D eigenvalue weighted by molar-refractivity contribution is -0.136. The number of hydrazone groups is 1. The summed E-state index contributed by atoms with van der Waals surface area (Å²) < 4.78 is 5.50. The van der Waals surface area contributed by atoms with Crippen LogP contribution < -0.4 is 20.8 Å². The zero-order valence-electron chi connectivity index (χ0n) is 18.7. The second-order valence-electron chi connectivity index (χ2n) is 7.27. The Morgan fingerprint density at radius 1 is 0.886 bits per heavy atom. The average Bonchev–Trinajstić information content (AvgIpc) is 2.83. The van der Waals surface area contributed by atoms with Crippen molar-refractivity contribution >= 4 is 58.5 Å². The van der Waals surface area contributed by atoms with E-state index in [1.807, 2.05) is 19.1 Å². The van der Waals surface area contributed by atoms with Crippen LogP contribution in [0.5, 0.6) is 5.75 Å². The summed E-state index contributed by atoms with van der Waals surface area (Å²) in [6, 6.07) is 18.6. The van der Waals surface area contributed by atoms with Crippen LogP contribution in [0.25, 0.3) is 0 Å². The molecule has 3 N–H and O–H groups in total. The number of carbonyl (C=O) groups is 3. The molecule has 0 aliphatic heterocycles. The van der Waals surface area contributed by atoms with E-state index in [0.29, 0.717) is 32.7 Å². The molecule has 0 aromatic heterocycles. The summed E-state index contributed by atoms with van der Waals surface area (Å²) in [5, 5.41) is 9.74. The number of benzene rings is 3. The quantitative estimate of drug-likeness (QED) is 0.231. The Labute approximate surface area is 212 Å². The Hall–Kier alpha value is -3.88. The maximum Gasteiger partial charge on any atom is 0.329 e. The molecule has 3 aromatic rings. The topological polar surface area (TPSA) is 109 Å². The standard InChI is InChI=1S/C25H22Cl2N4O4/c1-2-16-6-8-20(9-7-16)30-24(33)25(34)31-28-14-17-4-3-5-22(10-17)35-15-23(32)29-21-12-18(26)11-19(27)13-21/h3-14H,2,15H2,1H3,(H,29,32)(H,30,33)(H,31,34)/b28-14-. The summed E-state index contributed by atoms with van der Waals surface area (Å²) in [5.41, 5.74) is 4.84. The minimum absolute atomic E-state index is 0.249. The summed E-state index contributed by atoms with van der Waals surface area (Å²) in [7, 11) is 0. The van der Waals surface area contributed by atoms with Gasteiger partial charge in [-0.25, -0.2) is 5.43 Å². The molecule has 0 heterocycles. The van der Waals surface area contributed by atoms with Crippen LogP contribution in [0, 0.1) is 0 Å². The molecule has 3 amide bonds. The lowest BCUT2D eigenvalue weighted by Crippen LogP contribution is -2.32. The SMILES string of the molecule is CCc1ccc(NC(=O)C(=O)N/N=C\c2cccc(OCC(=O)Nc3cc(Cl)cc(Cl)c3)c2)cc1. The van der Waals surface area contributed by atoms with Gasteiger partial charge in [0.15, 0.2) is 6.61 Å². The maximum absolute atomic E-state index is 12.1. The number of carbonyl (C=O) groups excluding carboxylic acids is 3. The second-order valence-corrected chi connectivity index (χ2v) is 8.14. The second kappa shape index (κ2) is 12.5. The molecule has 0 aliphatic rings. The van der Waals surface area contributed by atoms with Gasteiger partial charge in [0.1, 0.15) is 5.75 Å². The molecule has 0 radical (unpaired) electrons. The third-order valence-electron chi connectivity index (χ3n) is 4.58. The van der Waals surface area contributed by atoms with Crippen LogP contribution in [0.1, 0.15) is 18.1 Å². The molecule has 3 rings (SSSR count). The van der Waals surface area contributed by atoms with Crippen molar-refractivity contribution < 1.29 is 19.1 Å². The van der Waals surface area contributed by atoms with Crippen molar-refractivity contribution in [1.29, 1.82) is 0 Å². The normalized spacial score (nSPS) is 10.6. The molecule has 0 atom stereocenters. The molecule has 0 fully saturated rings. The smallest absolute Gasteiger partial charge is 0.329 e. The first kappa shape index (κ1) is 25.7. The first-order chi connectivity index (χ1) is 16.8. The van der Waals surface area contributed by atoms with Gasteiger partial charge in [-0.15, -0.1) is 0 Å². The van der Waals surface area contributed by atoms with Crippen molar-refractivity contribution in [2.75, 3.05) is 17.2 Å². The summed E-state index contributed by atoms with van der Waals surface area (Å²) in [6.07, 6.45) is 2.23. The van der Waals surface area contributed by atoms with E-state index in [-0.39, 0.29) is 6.61 Å². The van der Waals surface area contributed by atoms with Crippen LogP contribution in [-0.2, 0) is 20.8 Å². The highest BCUT2D eigenvalue weighted by atomic mass is 35.5. The fourth-order valence-electron chi connectivity index (χ4n) is 2.88. The van der Waals surface area contributed by atoms with Crippen LogP contribution in [0.15, 0.2) is 71.8 Å². The number of anilines is 2. The summed E-state index contributed by atoms with van der Waals surface area (Å²) in [4.78, 5) is 36.1. The van der Waals surface area contributed by atoms with Gasteiger partial charge in [0.2, 0.25) is 0 Å². The Bertz CT molecular complexity index is 1230. The van der Waals surface area contributed by atoms with Gasteiger partial charge < -0.3 is 15.4 Å². The average molecular weight is 513 g/mol. The Morgan fingerprint density at radius 3 is 2.29 bits per heavy atom. The summed E-state index contributed by atoms with van der Waals surface area (Å²) >= 11 is 11.8. The van der Waals surface area contributed by atoms with E-state index in [1.165, 1.54) is 6.21 Å². The predicted octanol–water partition coefficient (Wildman–Crippen LogP) is 4.66. The Balaban J connectivity index is 1.48. The van der Waals surface area contributed by atoms with Gasteiger partial charge >= 0.3 is 11.8 Å². The predicted molar refractivity (Wildman–Crippen MR) is 137 cm³/mol. The number of nitrogens with zero attached hydrogens (tertiary/aromatic N) is 1. The molecule has 0 bridgehead atoms. The van der Waals surface area contributed by atoms with E-state index in [9.17, 15) is 14.4 Å². The molecule has 0 aliphatic carbocycles. The zero-order valence-corrected chi connectivity index (χ0v) is 20.2. The molecule has 10 heteroatoms. The number of hydrogen-bond donors (Lipinski definition) is 3. The zero-order chi connectivity index (χ0) is 25.2. The number of aryl methyl sites for hydroxylation is 1. The molecule has 3 aromatic carbocycles. The van der Waals surface area contributed by atoms with Crippen molar-refractivity contribution in [3.8, 4) is 5.75 Å². The van der Waals surface area contributed by atoms with Gasteiger partial charge in [-0.2, -0.15) is 5.10 Å². The van der Waals surface area contributed by atoms with E-state index in [0.717, 1.165) is 12.0 Å². The first-order valence-electron chi connectivity index (χ1n) is 10.5. The Kier molecular flexibility index (Phi) is 9.23. The van der Waals surface area contributed by atoms with Crippen molar-refractivity contribution in [3.05, 3.63) is 87.9 Å². The van der Waals surface area contributed by atoms with E-state index >= 15 is 0 Å². The molecule has 0 saturated carbocycles. The van der Waals surface area contributed by atoms with E-state index < -0.39 is 17.7 Å². The number of nitrogens with one attached hydrogen (secondary N) is 3. The van der Waals surface area contributed by atoms with Gasteiger partial charge in [0.25, 0.3) is 5.91 Å². The summed E-state index contributed by atoms with van der Waals surface area (Å²) in [6.45, 7) is 1.78. The highest BCUT2D eigenvalue weighted by Crippen LogP contribution is 2.22. The molecule has 0 spiro atoms. The van der Waals surface area contributed by atoms with Crippen LogP contribution in [0.4, 0.5) is 11.4 Å². The number of rotatable bonds is 8. The van der Waals surface area contributed by atoms with Gasteiger partial charge in [-0.1, -0.05) is 54.4 Å². The third-order valence-corrected chi connectivity index (χ3v) is 5.02. The largest absolute Gasteiger partial charge is 0.484 e. The molecule has 0 saturated heterocycles. The minimum Gasteiger partial charge on any atom is -0.484 e. The fourth-order valence-corrected chi connectivity index (χ4v) is 3.41. The van der Waals surface area contributed by atoms with E-state index in [2.05, 4.69) is 21.2 Å². The van der Waals surface area contributed by atoms with Crippen LogP contribution in [-0.4, -0.2) is 30.5 Å². The van der Waals surface area contributed by atoms with Gasteiger partial charge in [-0.05, 0) is 60.0 Å². The van der Waals surface area contributed by atoms with E-state index in [1.54, 1.807) is 54.6 Å². The van der Waals surface area contributed by atoms with Gasteiger partial charge in [0.05, 0.1) is 6.21 Å². The highest BCUT2D eigenvalue weighted by molar-refractivity contribution is 6.39. The van der Waals surface area contributed by atoms with E-state index in [4.69, 9.17) is 27.9 Å². The number of halogens is 2. The number of ether oxygens (including phenoxy) is 1. The fraction of sp³-hybridized carbons (Fsp3) is 0.120. The number of hydrogen-bond acceptors (Lipinski definition) is 5. The molecule has 8 nitrogen and oxygen atoms in total. The van der Waals surface area contributed by atoms with Crippen molar-refractivity contribution in [1.82, 2.24) is 5.43 Å². The molecule has 35 heavy (non-hydrogen) atoms. The van der Waals surface area contributed by atoms with Crippen molar-refractivity contribution in [3.63, 3.8) is 0 Å². The van der Waals surface area contributed by atoms with Crippen molar-refractivity contribution in [2.45, 2.75) is 13.3 Å². The molecular weight excluding hydrogens is 491 g/mol. The molecular formula is C25H22Cl2N4O4. The lowest BCUT2D eigenvalue weighted by Gasteiger charge is -2.09. The van der Waals surface area contributed by atoms with Crippen LogP contribution >= 0.6 is 23.2 Å². The molecule has 0 unspecified atom stereocenters.